The Bertz CT molecular complexity index is 644. The van der Waals surface area contributed by atoms with Crippen molar-refractivity contribution in [3.63, 3.8) is 0 Å². The highest BCUT2D eigenvalue weighted by molar-refractivity contribution is 6.30. The lowest BCUT2D eigenvalue weighted by molar-refractivity contribution is 0.178. The summed E-state index contributed by atoms with van der Waals surface area (Å²) in [6.07, 6.45) is 0.967. The lowest BCUT2D eigenvalue weighted by Gasteiger charge is -2.36. The van der Waals surface area contributed by atoms with Crippen LogP contribution in [0, 0.1) is 5.82 Å². The van der Waals surface area contributed by atoms with Crippen LogP contribution >= 0.6 is 11.6 Å². The van der Waals surface area contributed by atoms with E-state index in [-0.39, 0.29) is 11.9 Å². The summed E-state index contributed by atoms with van der Waals surface area (Å²) in [7, 11) is 0. The maximum Gasteiger partial charge on any atom is 0.127 e. The number of nitrogens with zero attached hydrogens (tertiary/aromatic N) is 1. The Balaban J connectivity index is 1.88. The molecule has 2 nitrogen and oxygen atoms in total. The average molecular weight is 305 g/mol. The Labute approximate surface area is 129 Å². The molecule has 4 heteroatoms. The molecule has 1 heterocycles. The fourth-order valence-electron chi connectivity index (χ4n) is 3.05. The van der Waals surface area contributed by atoms with Gasteiger partial charge in [0.15, 0.2) is 0 Å². The van der Waals surface area contributed by atoms with E-state index in [0.29, 0.717) is 23.7 Å². The standard InChI is InChI=1S/C17H18ClFN2/c18-14-5-6-16(19)13(9-14)11-21-8-7-12-3-1-2-4-15(12)17(21)10-20/h1-6,9,17H,7-8,10-11,20H2. The van der Waals surface area contributed by atoms with Crippen LogP contribution in [0.25, 0.3) is 0 Å². The van der Waals surface area contributed by atoms with E-state index in [1.54, 1.807) is 12.1 Å². The van der Waals surface area contributed by atoms with Crippen LogP contribution in [0.2, 0.25) is 5.02 Å². The van der Waals surface area contributed by atoms with E-state index < -0.39 is 0 Å². The number of benzene rings is 2. The molecule has 2 aromatic carbocycles. The molecule has 0 fully saturated rings. The molecule has 0 bridgehead atoms. The van der Waals surface area contributed by atoms with Crippen molar-refractivity contribution in [1.82, 2.24) is 4.90 Å². The summed E-state index contributed by atoms with van der Waals surface area (Å²) < 4.78 is 13.9. The molecule has 1 aliphatic heterocycles. The molecule has 1 aliphatic rings. The Morgan fingerprint density at radius 2 is 2.05 bits per heavy atom. The van der Waals surface area contributed by atoms with E-state index in [9.17, 15) is 4.39 Å². The second-order valence-corrected chi connectivity index (χ2v) is 5.84. The first-order chi connectivity index (χ1) is 10.2. The maximum absolute atomic E-state index is 13.9. The lowest BCUT2D eigenvalue weighted by atomic mass is 9.92. The van der Waals surface area contributed by atoms with Crippen molar-refractivity contribution < 1.29 is 4.39 Å². The molecule has 3 rings (SSSR count). The fraction of sp³-hybridized carbons (Fsp3) is 0.294. The molecule has 0 aromatic heterocycles. The van der Waals surface area contributed by atoms with Gasteiger partial charge in [-0.3, -0.25) is 4.90 Å². The number of fused-ring (bicyclic) bond motifs is 1. The van der Waals surface area contributed by atoms with Gasteiger partial charge in [-0.1, -0.05) is 35.9 Å². The SMILES string of the molecule is NCC1c2ccccc2CCN1Cc1cc(Cl)ccc1F. The van der Waals surface area contributed by atoms with Crippen molar-refractivity contribution in [2.75, 3.05) is 13.1 Å². The fourth-order valence-corrected chi connectivity index (χ4v) is 3.25. The minimum absolute atomic E-state index is 0.133. The first kappa shape index (κ1) is 14.5. The molecule has 2 aromatic rings. The van der Waals surface area contributed by atoms with Gasteiger partial charge < -0.3 is 5.73 Å². The van der Waals surface area contributed by atoms with Crippen molar-refractivity contribution in [1.29, 1.82) is 0 Å². The number of nitrogens with two attached hydrogens (primary N) is 1. The van der Waals surface area contributed by atoms with Gasteiger partial charge in [-0.25, -0.2) is 4.39 Å². The van der Waals surface area contributed by atoms with Crippen molar-refractivity contribution >= 4 is 11.6 Å². The van der Waals surface area contributed by atoms with E-state index in [0.717, 1.165) is 13.0 Å². The van der Waals surface area contributed by atoms with Gasteiger partial charge >= 0.3 is 0 Å². The normalized spacial score (nSPS) is 18.5. The molecular weight excluding hydrogens is 287 g/mol. The Morgan fingerprint density at radius 3 is 2.86 bits per heavy atom. The highest BCUT2D eigenvalue weighted by Gasteiger charge is 2.26. The van der Waals surface area contributed by atoms with E-state index in [1.807, 2.05) is 6.07 Å². The summed E-state index contributed by atoms with van der Waals surface area (Å²) in [5, 5.41) is 0.563. The zero-order valence-corrected chi connectivity index (χ0v) is 12.5. The van der Waals surface area contributed by atoms with E-state index in [1.165, 1.54) is 17.2 Å². The maximum atomic E-state index is 13.9. The van der Waals surface area contributed by atoms with Gasteiger partial charge in [0.1, 0.15) is 5.82 Å². The number of rotatable bonds is 3. The van der Waals surface area contributed by atoms with Crippen LogP contribution in [0.1, 0.15) is 22.7 Å². The van der Waals surface area contributed by atoms with Crippen LogP contribution in [0.15, 0.2) is 42.5 Å². The van der Waals surface area contributed by atoms with E-state index >= 15 is 0 Å². The summed E-state index contributed by atoms with van der Waals surface area (Å²) in [6, 6.07) is 13.2. The van der Waals surface area contributed by atoms with Crippen LogP contribution in [0.3, 0.4) is 0 Å². The smallest absolute Gasteiger partial charge is 0.127 e. The minimum Gasteiger partial charge on any atom is -0.329 e. The molecule has 110 valence electrons. The Hall–Kier alpha value is -1.42. The van der Waals surface area contributed by atoms with E-state index in [4.69, 9.17) is 17.3 Å². The number of halogens is 2. The van der Waals surface area contributed by atoms with Gasteiger partial charge in [-0.05, 0) is 35.7 Å². The van der Waals surface area contributed by atoms with Crippen LogP contribution in [0.5, 0.6) is 0 Å². The third-order valence-electron chi connectivity index (χ3n) is 4.13. The molecule has 21 heavy (non-hydrogen) atoms. The topological polar surface area (TPSA) is 29.3 Å². The largest absolute Gasteiger partial charge is 0.329 e. The summed E-state index contributed by atoms with van der Waals surface area (Å²) >= 11 is 5.98. The van der Waals surface area contributed by atoms with Gasteiger partial charge in [0, 0.05) is 36.3 Å². The molecule has 1 unspecified atom stereocenters. The molecule has 1 atom stereocenters. The third-order valence-corrected chi connectivity index (χ3v) is 4.36. The molecule has 0 radical (unpaired) electrons. The second kappa shape index (κ2) is 6.14. The van der Waals surface area contributed by atoms with Crippen LogP contribution in [-0.4, -0.2) is 18.0 Å². The molecule has 0 spiro atoms. The second-order valence-electron chi connectivity index (χ2n) is 5.41. The average Bonchev–Trinajstić information content (AvgIpc) is 2.50. The van der Waals surface area contributed by atoms with Gasteiger partial charge in [0.25, 0.3) is 0 Å². The Morgan fingerprint density at radius 1 is 1.24 bits per heavy atom. The van der Waals surface area contributed by atoms with Crippen molar-refractivity contribution in [2.24, 2.45) is 5.73 Å². The van der Waals surface area contributed by atoms with Crippen molar-refractivity contribution in [3.8, 4) is 0 Å². The van der Waals surface area contributed by atoms with E-state index in [2.05, 4.69) is 23.1 Å². The zero-order valence-electron chi connectivity index (χ0n) is 11.7. The summed E-state index contributed by atoms with van der Waals surface area (Å²) in [4.78, 5) is 2.23. The van der Waals surface area contributed by atoms with Gasteiger partial charge in [-0.15, -0.1) is 0 Å². The molecular formula is C17H18ClFN2. The Kier molecular flexibility index (Phi) is 4.24. The van der Waals surface area contributed by atoms with Crippen LogP contribution in [-0.2, 0) is 13.0 Å². The predicted octanol–water partition coefficient (Wildman–Crippen LogP) is 3.54. The highest BCUT2D eigenvalue weighted by Crippen LogP contribution is 2.30. The molecule has 0 saturated heterocycles. The summed E-state index contributed by atoms with van der Waals surface area (Å²) in [5.74, 6) is -0.214. The van der Waals surface area contributed by atoms with Crippen molar-refractivity contribution in [3.05, 3.63) is 70.0 Å². The van der Waals surface area contributed by atoms with Gasteiger partial charge in [0.05, 0.1) is 0 Å². The van der Waals surface area contributed by atoms with Crippen LogP contribution < -0.4 is 5.73 Å². The first-order valence-corrected chi connectivity index (χ1v) is 7.52. The number of hydrogen-bond acceptors (Lipinski definition) is 2. The quantitative estimate of drug-likeness (QED) is 0.940. The zero-order chi connectivity index (χ0) is 14.8. The molecule has 0 saturated carbocycles. The van der Waals surface area contributed by atoms with Crippen molar-refractivity contribution in [2.45, 2.75) is 19.0 Å². The van der Waals surface area contributed by atoms with Gasteiger partial charge in [-0.2, -0.15) is 0 Å². The summed E-state index contributed by atoms with van der Waals surface area (Å²) in [6.45, 7) is 1.94. The first-order valence-electron chi connectivity index (χ1n) is 7.15. The monoisotopic (exact) mass is 304 g/mol. The number of hydrogen-bond donors (Lipinski definition) is 1. The molecule has 0 aliphatic carbocycles. The predicted molar refractivity (Wildman–Crippen MR) is 83.8 cm³/mol. The van der Waals surface area contributed by atoms with Gasteiger partial charge in [0.2, 0.25) is 0 Å². The highest BCUT2D eigenvalue weighted by atomic mass is 35.5. The lowest BCUT2D eigenvalue weighted by Crippen LogP contribution is -2.39. The van der Waals surface area contributed by atoms with Crippen LogP contribution in [0.4, 0.5) is 4.39 Å². The third kappa shape index (κ3) is 2.95. The minimum atomic E-state index is -0.214. The molecule has 2 N–H and O–H groups in total. The molecule has 0 amide bonds. The summed E-state index contributed by atoms with van der Waals surface area (Å²) in [5.41, 5.74) is 9.20.